The molecule has 0 aromatic heterocycles. The normalized spacial score (nSPS) is 21.5. The Morgan fingerprint density at radius 1 is 1.42 bits per heavy atom. The van der Waals surface area contributed by atoms with Crippen LogP contribution in [0.25, 0.3) is 0 Å². The zero-order valence-electron chi connectivity index (χ0n) is 11.6. The van der Waals surface area contributed by atoms with Crippen LogP contribution in [-0.4, -0.2) is 35.5 Å². The third-order valence-electron chi connectivity index (χ3n) is 3.77. The van der Waals surface area contributed by atoms with Gasteiger partial charge in [0.25, 0.3) is 0 Å². The Hall–Kier alpha value is -1.55. The van der Waals surface area contributed by atoms with Crippen molar-refractivity contribution in [2.75, 3.05) is 13.6 Å². The van der Waals surface area contributed by atoms with Crippen LogP contribution in [0.1, 0.15) is 37.8 Å². The van der Waals surface area contributed by atoms with Gasteiger partial charge < -0.3 is 15.3 Å². The topological polar surface area (TPSA) is 52.6 Å². The molecule has 2 unspecified atom stereocenters. The number of amides is 1. The molecule has 1 amide bonds. The number of nitrogens with zero attached hydrogens (tertiary/aromatic N) is 1. The molecule has 2 atom stereocenters. The van der Waals surface area contributed by atoms with E-state index in [-0.39, 0.29) is 11.9 Å². The van der Waals surface area contributed by atoms with E-state index in [2.05, 4.69) is 12.2 Å². The van der Waals surface area contributed by atoms with E-state index < -0.39 is 0 Å². The van der Waals surface area contributed by atoms with Gasteiger partial charge in [0.1, 0.15) is 5.75 Å². The van der Waals surface area contributed by atoms with Crippen molar-refractivity contribution in [1.29, 1.82) is 0 Å². The molecule has 1 aromatic carbocycles. The summed E-state index contributed by atoms with van der Waals surface area (Å²) in [5.74, 6) is 0.525. The van der Waals surface area contributed by atoms with E-state index in [0.717, 1.165) is 19.4 Å². The average molecular weight is 262 g/mol. The lowest BCUT2D eigenvalue weighted by Gasteiger charge is -2.33. The highest BCUT2D eigenvalue weighted by Crippen LogP contribution is 2.22. The zero-order valence-corrected chi connectivity index (χ0v) is 11.6. The minimum absolute atomic E-state index is 0.232. The van der Waals surface area contributed by atoms with Crippen molar-refractivity contribution in [1.82, 2.24) is 10.2 Å². The predicted octanol–water partition coefficient (Wildman–Crippen LogP) is 2.05. The standard InChI is InChI=1S/C15H22N2O2/c1-3-14(11-4-7-13(18)8-5-11)16-12-6-9-15(19)17(2)10-12/h4-5,7-8,12,14,16,18H,3,6,9-10H2,1-2H3. The Morgan fingerprint density at radius 2 is 2.11 bits per heavy atom. The molecule has 1 aromatic rings. The van der Waals surface area contributed by atoms with Crippen molar-refractivity contribution in [2.45, 2.75) is 38.3 Å². The van der Waals surface area contributed by atoms with E-state index in [1.807, 2.05) is 19.2 Å². The first-order valence-corrected chi connectivity index (χ1v) is 6.89. The first-order chi connectivity index (χ1) is 9.10. The van der Waals surface area contributed by atoms with Gasteiger partial charge in [-0.05, 0) is 30.5 Å². The Labute approximate surface area is 114 Å². The molecule has 1 aliphatic rings. The van der Waals surface area contributed by atoms with Gasteiger partial charge in [0.05, 0.1) is 0 Å². The molecule has 1 aliphatic heterocycles. The highest BCUT2D eigenvalue weighted by Gasteiger charge is 2.24. The number of likely N-dealkylation sites (N-methyl/N-ethyl adjacent to an activating group) is 1. The molecule has 0 aliphatic carbocycles. The summed E-state index contributed by atoms with van der Waals surface area (Å²) in [4.78, 5) is 13.3. The van der Waals surface area contributed by atoms with E-state index in [1.165, 1.54) is 5.56 Å². The molecule has 4 heteroatoms. The maximum Gasteiger partial charge on any atom is 0.222 e. The first kappa shape index (κ1) is 13.9. The molecule has 0 radical (unpaired) electrons. The molecule has 19 heavy (non-hydrogen) atoms. The van der Waals surface area contributed by atoms with Crippen LogP contribution in [0.4, 0.5) is 0 Å². The first-order valence-electron chi connectivity index (χ1n) is 6.89. The third kappa shape index (κ3) is 3.47. The molecule has 2 N–H and O–H groups in total. The summed E-state index contributed by atoms with van der Waals surface area (Å²) in [5.41, 5.74) is 1.18. The maximum absolute atomic E-state index is 11.5. The highest BCUT2D eigenvalue weighted by molar-refractivity contribution is 5.76. The number of phenols is 1. The van der Waals surface area contributed by atoms with Gasteiger partial charge in [-0.15, -0.1) is 0 Å². The lowest BCUT2D eigenvalue weighted by Crippen LogP contribution is -2.47. The van der Waals surface area contributed by atoms with Crippen LogP contribution in [0.2, 0.25) is 0 Å². The Bertz CT molecular complexity index is 430. The number of rotatable bonds is 4. The van der Waals surface area contributed by atoms with Crippen molar-refractivity contribution in [3.05, 3.63) is 29.8 Å². The van der Waals surface area contributed by atoms with Gasteiger partial charge in [-0.3, -0.25) is 4.79 Å². The van der Waals surface area contributed by atoms with E-state index in [0.29, 0.717) is 18.2 Å². The monoisotopic (exact) mass is 262 g/mol. The summed E-state index contributed by atoms with van der Waals surface area (Å²) in [7, 11) is 1.86. The maximum atomic E-state index is 11.5. The number of benzene rings is 1. The third-order valence-corrected chi connectivity index (χ3v) is 3.77. The number of nitrogens with one attached hydrogen (secondary N) is 1. The van der Waals surface area contributed by atoms with E-state index in [4.69, 9.17) is 0 Å². The average Bonchev–Trinajstić information content (AvgIpc) is 2.41. The van der Waals surface area contributed by atoms with Crippen LogP contribution in [0.15, 0.2) is 24.3 Å². The van der Waals surface area contributed by atoms with Crippen molar-refractivity contribution >= 4 is 5.91 Å². The predicted molar refractivity (Wildman–Crippen MR) is 74.9 cm³/mol. The lowest BCUT2D eigenvalue weighted by molar-refractivity contribution is -0.132. The van der Waals surface area contributed by atoms with Crippen LogP contribution in [0.3, 0.4) is 0 Å². The molecule has 1 heterocycles. The Morgan fingerprint density at radius 3 is 2.68 bits per heavy atom. The van der Waals surface area contributed by atoms with Crippen LogP contribution in [-0.2, 0) is 4.79 Å². The minimum Gasteiger partial charge on any atom is -0.508 e. The molecular formula is C15H22N2O2. The highest BCUT2D eigenvalue weighted by atomic mass is 16.3. The van der Waals surface area contributed by atoms with Gasteiger partial charge in [-0.2, -0.15) is 0 Å². The Balaban J connectivity index is 1.99. The number of phenolic OH excluding ortho intramolecular Hbond substituents is 1. The molecule has 1 saturated heterocycles. The number of hydrogen-bond donors (Lipinski definition) is 2. The minimum atomic E-state index is 0.232. The van der Waals surface area contributed by atoms with Crippen molar-refractivity contribution in [3.63, 3.8) is 0 Å². The molecule has 2 rings (SSSR count). The second-order valence-electron chi connectivity index (χ2n) is 5.23. The summed E-state index contributed by atoms with van der Waals surface area (Å²) in [5, 5.41) is 12.9. The second-order valence-corrected chi connectivity index (χ2v) is 5.23. The number of carbonyl (C=O) groups is 1. The molecule has 1 fully saturated rings. The number of piperidine rings is 1. The quantitative estimate of drug-likeness (QED) is 0.873. The summed E-state index contributed by atoms with van der Waals surface area (Å²) in [6, 6.07) is 7.96. The summed E-state index contributed by atoms with van der Waals surface area (Å²) < 4.78 is 0. The number of hydrogen-bond acceptors (Lipinski definition) is 3. The lowest BCUT2D eigenvalue weighted by atomic mass is 10.00. The van der Waals surface area contributed by atoms with Crippen molar-refractivity contribution in [2.24, 2.45) is 0 Å². The summed E-state index contributed by atoms with van der Waals surface area (Å²) in [6.45, 7) is 2.91. The van der Waals surface area contributed by atoms with E-state index >= 15 is 0 Å². The summed E-state index contributed by atoms with van der Waals surface area (Å²) in [6.07, 6.45) is 2.51. The second kappa shape index (κ2) is 6.06. The number of carbonyl (C=O) groups excluding carboxylic acids is 1. The van der Waals surface area contributed by atoms with Gasteiger partial charge in [0, 0.05) is 32.1 Å². The van der Waals surface area contributed by atoms with Gasteiger partial charge in [0.2, 0.25) is 5.91 Å². The number of aromatic hydroxyl groups is 1. The number of likely N-dealkylation sites (tertiary alicyclic amines) is 1. The Kier molecular flexibility index (Phi) is 4.43. The molecule has 104 valence electrons. The fourth-order valence-corrected chi connectivity index (χ4v) is 2.59. The van der Waals surface area contributed by atoms with Crippen LogP contribution >= 0.6 is 0 Å². The largest absolute Gasteiger partial charge is 0.508 e. The molecule has 0 spiro atoms. The van der Waals surface area contributed by atoms with Crippen molar-refractivity contribution < 1.29 is 9.90 Å². The molecule has 0 saturated carbocycles. The van der Waals surface area contributed by atoms with Crippen LogP contribution in [0.5, 0.6) is 5.75 Å². The van der Waals surface area contributed by atoms with Gasteiger partial charge in [-0.25, -0.2) is 0 Å². The molecule has 4 nitrogen and oxygen atoms in total. The molecule has 0 bridgehead atoms. The van der Waals surface area contributed by atoms with Gasteiger partial charge in [-0.1, -0.05) is 19.1 Å². The van der Waals surface area contributed by atoms with Gasteiger partial charge >= 0.3 is 0 Å². The SMILES string of the molecule is CCC(NC1CCC(=O)N(C)C1)c1ccc(O)cc1. The smallest absolute Gasteiger partial charge is 0.222 e. The van der Waals surface area contributed by atoms with Gasteiger partial charge in [0.15, 0.2) is 0 Å². The van der Waals surface area contributed by atoms with E-state index in [9.17, 15) is 9.90 Å². The summed E-state index contributed by atoms with van der Waals surface area (Å²) >= 11 is 0. The van der Waals surface area contributed by atoms with Crippen molar-refractivity contribution in [3.8, 4) is 5.75 Å². The fraction of sp³-hybridized carbons (Fsp3) is 0.533. The fourth-order valence-electron chi connectivity index (χ4n) is 2.59. The molecular weight excluding hydrogens is 240 g/mol. The van der Waals surface area contributed by atoms with Crippen LogP contribution in [0, 0.1) is 0 Å². The van der Waals surface area contributed by atoms with E-state index in [1.54, 1.807) is 17.0 Å². The zero-order chi connectivity index (χ0) is 13.8. The van der Waals surface area contributed by atoms with Crippen LogP contribution < -0.4 is 5.32 Å².